The lowest BCUT2D eigenvalue weighted by Gasteiger charge is -2.17. The lowest BCUT2D eigenvalue weighted by Crippen LogP contribution is -2.20. The molecule has 0 amide bonds. The monoisotopic (exact) mass is 402 g/mol. The summed E-state index contributed by atoms with van der Waals surface area (Å²) < 4.78 is 10.9. The van der Waals surface area contributed by atoms with Crippen LogP contribution in [0.15, 0.2) is 65.5 Å². The zero-order chi connectivity index (χ0) is 21.3. The van der Waals surface area contributed by atoms with Crippen molar-refractivity contribution in [3.63, 3.8) is 0 Å². The van der Waals surface area contributed by atoms with Gasteiger partial charge in [-0.2, -0.15) is 0 Å². The number of carbonyl (C=O) groups is 1. The highest BCUT2D eigenvalue weighted by molar-refractivity contribution is 5.87. The number of aromatic nitrogens is 2. The Balaban J connectivity index is 1.54. The number of methoxy groups -OCH3 is 1. The lowest BCUT2D eigenvalue weighted by atomic mass is 9.98. The predicted octanol–water partition coefficient (Wildman–Crippen LogP) is 4.49. The summed E-state index contributed by atoms with van der Waals surface area (Å²) in [6, 6.07) is 18.7. The fourth-order valence-electron chi connectivity index (χ4n) is 3.40. The largest absolute Gasteiger partial charge is 0.497 e. The molecule has 0 unspecified atom stereocenters. The number of hydrogen-bond acceptors (Lipinski definition) is 5. The molecule has 6 heteroatoms. The number of nitrogens with zero attached hydrogens (tertiary/aromatic N) is 1. The van der Waals surface area contributed by atoms with Crippen LogP contribution in [0.4, 0.5) is 0 Å². The summed E-state index contributed by atoms with van der Waals surface area (Å²) in [6.45, 7) is 3.50. The molecular weight excluding hydrogens is 380 g/mol. The molecule has 0 saturated heterocycles. The lowest BCUT2D eigenvalue weighted by molar-refractivity contribution is -0.150. The predicted molar refractivity (Wildman–Crippen MR) is 116 cm³/mol. The Morgan fingerprint density at radius 2 is 1.73 bits per heavy atom. The van der Waals surface area contributed by atoms with Gasteiger partial charge in [0.25, 0.3) is 5.56 Å². The first-order chi connectivity index (χ1) is 14.5. The quantitative estimate of drug-likeness (QED) is 0.497. The van der Waals surface area contributed by atoms with Crippen molar-refractivity contribution in [3.05, 3.63) is 82.4 Å². The van der Waals surface area contributed by atoms with Gasteiger partial charge in [-0.15, -0.1) is 0 Å². The van der Waals surface area contributed by atoms with Crippen LogP contribution >= 0.6 is 0 Å². The number of H-pyrrole nitrogens is 1. The fourth-order valence-corrected chi connectivity index (χ4v) is 3.40. The number of fused-ring (bicyclic) bond motifs is 2. The number of esters is 1. The van der Waals surface area contributed by atoms with E-state index in [1.54, 1.807) is 39.2 Å². The Bertz CT molecular complexity index is 1300. The van der Waals surface area contributed by atoms with Crippen molar-refractivity contribution in [1.82, 2.24) is 9.97 Å². The van der Waals surface area contributed by atoms with Gasteiger partial charge in [0.2, 0.25) is 0 Å². The molecule has 0 saturated carbocycles. The van der Waals surface area contributed by atoms with Crippen molar-refractivity contribution in [3.8, 4) is 5.75 Å². The van der Waals surface area contributed by atoms with Crippen LogP contribution in [0.2, 0.25) is 0 Å². The SMILES string of the molecule is COc1ccc2cc([C@H](C)C(=O)O[C@@H](C)c3nc4ccccc4c(=O)[nH]3)ccc2c1. The number of ether oxygens (including phenoxy) is 2. The van der Waals surface area contributed by atoms with E-state index in [2.05, 4.69) is 9.97 Å². The maximum atomic E-state index is 12.8. The van der Waals surface area contributed by atoms with E-state index in [9.17, 15) is 9.59 Å². The van der Waals surface area contributed by atoms with Crippen LogP contribution in [-0.2, 0) is 9.53 Å². The molecule has 4 rings (SSSR count). The first-order valence-electron chi connectivity index (χ1n) is 9.73. The Labute approximate surface area is 173 Å². The van der Waals surface area contributed by atoms with Gasteiger partial charge in [0.15, 0.2) is 11.9 Å². The van der Waals surface area contributed by atoms with E-state index in [4.69, 9.17) is 9.47 Å². The highest BCUT2D eigenvalue weighted by atomic mass is 16.5. The minimum atomic E-state index is -0.679. The molecule has 3 aromatic carbocycles. The van der Waals surface area contributed by atoms with Gasteiger partial charge < -0.3 is 14.5 Å². The average Bonchev–Trinajstić information content (AvgIpc) is 2.77. The molecule has 1 heterocycles. The van der Waals surface area contributed by atoms with Crippen LogP contribution in [-0.4, -0.2) is 23.0 Å². The van der Waals surface area contributed by atoms with Crippen molar-refractivity contribution in [2.75, 3.05) is 7.11 Å². The van der Waals surface area contributed by atoms with Crippen LogP contribution in [0.1, 0.15) is 37.3 Å². The number of aromatic amines is 1. The van der Waals surface area contributed by atoms with Crippen molar-refractivity contribution in [2.45, 2.75) is 25.9 Å². The first kappa shape index (κ1) is 19.6. The second kappa shape index (κ2) is 7.99. The van der Waals surface area contributed by atoms with Crippen LogP contribution in [0.5, 0.6) is 5.75 Å². The summed E-state index contributed by atoms with van der Waals surface area (Å²) in [5, 5.41) is 2.55. The van der Waals surface area contributed by atoms with E-state index in [1.165, 1.54) is 0 Å². The molecule has 0 aliphatic rings. The average molecular weight is 402 g/mol. The van der Waals surface area contributed by atoms with E-state index >= 15 is 0 Å². The zero-order valence-electron chi connectivity index (χ0n) is 17.0. The molecule has 1 N–H and O–H groups in total. The number of para-hydroxylation sites is 1. The molecule has 0 aliphatic carbocycles. The third-order valence-corrected chi connectivity index (χ3v) is 5.23. The summed E-state index contributed by atoms with van der Waals surface area (Å²) in [5.74, 6) is 0.260. The third kappa shape index (κ3) is 3.76. The van der Waals surface area contributed by atoms with Gasteiger partial charge in [-0.05, 0) is 54.4 Å². The molecule has 0 fully saturated rings. The van der Waals surface area contributed by atoms with E-state index in [0.717, 1.165) is 22.1 Å². The minimum absolute atomic E-state index is 0.253. The van der Waals surface area contributed by atoms with Gasteiger partial charge >= 0.3 is 5.97 Å². The van der Waals surface area contributed by atoms with Gasteiger partial charge in [0.05, 0.1) is 23.9 Å². The summed E-state index contributed by atoms with van der Waals surface area (Å²) in [4.78, 5) is 32.2. The van der Waals surface area contributed by atoms with E-state index in [1.807, 2.05) is 42.5 Å². The van der Waals surface area contributed by atoms with E-state index in [-0.39, 0.29) is 11.5 Å². The smallest absolute Gasteiger partial charge is 0.313 e. The molecular formula is C24H22N2O4. The first-order valence-corrected chi connectivity index (χ1v) is 9.73. The maximum Gasteiger partial charge on any atom is 0.313 e. The molecule has 1 aromatic heterocycles. The Kier molecular flexibility index (Phi) is 5.23. The Hall–Kier alpha value is -3.67. The highest BCUT2D eigenvalue weighted by Crippen LogP contribution is 2.27. The number of nitrogens with one attached hydrogen (secondary N) is 1. The molecule has 6 nitrogen and oxygen atoms in total. The highest BCUT2D eigenvalue weighted by Gasteiger charge is 2.22. The standard InChI is InChI=1S/C24H22N2O4/c1-14(16-8-9-18-13-19(29-3)11-10-17(18)12-16)24(28)30-15(2)22-25-21-7-5-4-6-20(21)23(27)26-22/h4-15H,1-3H3,(H,25,26,27)/t14-,15-/m0/s1. The van der Waals surface area contributed by atoms with E-state index in [0.29, 0.717) is 16.7 Å². The number of benzene rings is 3. The fraction of sp³-hybridized carbons (Fsp3) is 0.208. The van der Waals surface area contributed by atoms with Crippen LogP contribution in [0, 0.1) is 0 Å². The summed E-state index contributed by atoms with van der Waals surface area (Å²) in [5.41, 5.74) is 1.17. The number of rotatable bonds is 5. The maximum absolute atomic E-state index is 12.8. The zero-order valence-corrected chi connectivity index (χ0v) is 17.0. The minimum Gasteiger partial charge on any atom is -0.497 e. The molecule has 2 atom stereocenters. The molecule has 152 valence electrons. The molecule has 30 heavy (non-hydrogen) atoms. The Morgan fingerprint density at radius 3 is 2.53 bits per heavy atom. The van der Waals surface area contributed by atoms with Crippen molar-refractivity contribution in [1.29, 1.82) is 0 Å². The summed E-state index contributed by atoms with van der Waals surface area (Å²) in [6.07, 6.45) is -0.679. The van der Waals surface area contributed by atoms with Crippen LogP contribution in [0.3, 0.4) is 0 Å². The van der Waals surface area contributed by atoms with Crippen LogP contribution < -0.4 is 10.3 Å². The normalized spacial score (nSPS) is 13.2. The van der Waals surface area contributed by atoms with Gasteiger partial charge in [-0.3, -0.25) is 9.59 Å². The second-order valence-corrected chi connectivity index (χ2v) is 7.24. The molecule has 0 radical (unpaired) electrons. The van der Waals surface area contributed by atoms with Crippen molar-refractivity contribution in [2.24, 2.45) is 0 Å². The van der Waals surface area contributed by atoms with E-state index < -0.39 is 12.0 Å². The van der Waals surface area contributed by atoms with Crippen molar-refractivity contribution >= 4 is 27.6 Å². The molecule has 0 spiro atoms. The van der Waals surface area contributed by atoms with Crippen molar-refractivity contribution < 1.29 is 14.3 Å². The van der Waals surface area contributed by atoms with Gasteiger partial charge in [0, 0.05) is 0 Å². The second-order valence-electron chi connectivity index (χ2n) is 7.24. The Morgan fingerprint density at radius 1 is 1.00 bits per heavy atom. The third-order valence-electron chi connectivity index (χ3n) is 5.23. The molecule has 4 aromatic rings. The van der Waals surface area contributed by atoms with Gasteiger partial charge in [0.1, 0.15) is 5.75 Å². The molecule has 0 aliphatic heterocycles. The van der Waals surface area contributed by atoms with Gasteiger partial charge in [-0.25, -0.2) is 4.98 Å². The number of carbonyl (C=O) groups excluding carboxylic acids is 1. The topological polar surface area (TPSA) is 81.3 Å². The summed E-state index contributed by atoms with van der Waals surface area (Å²) in [7, 11) is 1.63. The molecule has 0 bridgehead atoms. The number of hydrogen-bond donors (Lipinski definition) is 1. The van der Waals surface area contributed by atoms with Gasteiger partial charge in [-0.1, -0.05) is 36.4 Å². The van der Waals surface area contributed by atoms with Crippen LogP contribution in [0.25, 0.3) is 21.7 Å². The summed E-state index contributed by atoms with van der Waals surface area (Å²) >= 11 is 0.